The summed E-state index contributed by atoms with van der Waals surface area (Å²) in [6, 6.07) is 10.6. The van der Waals surface area contributed by atoms with Gasteiger partial charge in [-0.1, -0.05) is 29.5 Å². The Balaban J connectivity index is 1.84. The number of hydrogen-bond acceptors (Lipinski definition) is 2. The van der Waals surface area contributed by atoms with Gasteiger partial charge in [0.15, 0.2) is 5.06 Å². The summed E-state index contributed by atoms with van der Waals surface area (Å²) in [7, 11) is 0. The monoisotopic (exact) mass is 218 g/mol. The number of ether oxygens (including phenoxy) is 1. The van der Waals surface area contributed by atoms with Gasteiger partial charge in [0.2, 0.25) is 0 Å². The van der Waals surface area contributed by atoms with Gasteiger partial charge in [0.05, 0.1) is 6.10 Å². The summed E-state index contributed by atoms with van der Waals surface area (Å²) >= 11 is 1.76. The largest absolute Gasteiger partial charge is 0.481 e. The standard InChI is InChI=1S/C13H14OS/c1-4-8-12-10(5-1)9-13(15-12)14-11-6-2-3-7-11/h1,4-5,8-9,11H,2-3,6-7H2. The SMILES string of the molecule is c1ccc2sc(OC3CCCC3)cc2c1. The highest BCUT2D eigenvalue weighted by molar-refractivity contribution is 7.20. The number of benzene rings is 1. The van der Waals surface area contributed by atoms with Gasteiger partial charge < -0.3 is 4.74 Å². The van der Waals surface area contributed by atoms with Crippen molar-refractivity contribution >= 4 is 21.4 Å². The molecule has 1 nitrogen and oxygen atoms in total. The van der Waals surface area contributed by atoms with E-state index in [2.05, 4.69) is 30.3 Å². The van der Waals surface area contributed by atoms with Gasteiger partial charge in [-0.05, 0) is 43.2 Å². The molecular weight excluding hydrogens is 204 g/mol. The lowest BCUT2D eigenvalue weighted by molar-refractivity contribution is 0.217. The molecule has 1 fully saturated rings. The van der Waals surface area contributed by atoms with Crippen LogP contribution in [0.5, 0.6) is 5.06 Å². The quantitative estimate of drug-likeness (QED) is 0.733. The Hall–Kier alpha value is -1.02. The Morgan fingerprint density at radius 2 is 1.93 bits per heavy atom. The van der Waals surface area contributed by atoms with Gasteiger partial charge in [0.25, 0.3) is 0 Å². The summed E-state index contributed by atoms with van der Waals surface area (Å²) in [6.45, 7) is 0. The van der Waals surface area contributed by atoms with E-state index in [1.54, 1.807) is 11.3 Å². The molecule has 1 aliphatic carbocycles. The smallest absolute Gasteiger partial charge is 0.175 e. The van der Waals surface area contributed by atoms with Gasteiger partial charge in [-0.3, -0.25) is 0 Å². The fourth-order valence-corrected chi connectivity index (χ4v) is 3.16. The molecule has 0 saturated heterocycles. The summed E-state index contributed by atoms with van der Waals surface area (Å²) in [5.41, 5.74) is 0. The molecule has 2 heteroatoms. The molecule has 0 bridgehead atoms. The van der Waals surface area contributed by atoms with Crippen LogP contribution in [0.2, 0.25) is 0 Å². The van der Waals surface area contributed by atoms with E-state index >= 15 is 0 Å². The third-order valence-electron chi connectivity index (χ3n) is 2.99. The van der Waals surface area contributed by atoms with Gasteiger partial charge in [0.1, 0.15) is 0 Å². The molecule has 0 atom stereocenters. The van der Waals surface area contributed by atoms with E-state index in [1.165, 1.54) is 35.8 Å². The minimum atomic E-state index is 0.470. The number of thiophene rings is 1. The molecule has 1 aromatic heterocycles. The highest BCUT2D eigenvalue weighted by Crippen LogP contribution is 2.34. The summed E-state index contributed by atoms with van der Waals surface area (Å²) in [4.78, 5) is 0. The lowest BCUT2D eigenvalue weighted by Gasteiger charge is -2.09. The number of fused-ring (bicyclic) bond motifs is 1. The molecule has 0 spiro atoms. The van der Waals surface area contributed by atoms with Crippen LogP contribution in [-0.2, 0) is 0 Å². The maximum atomic E-state index is 5.98. The lowest BCUT2D eigenvalue weighted by Crippen LogP contribution is -2.09. The number of hydrogen-bond donors (Lipinski definition) is 0. The van der Waals surface area contributed by atoms with Crippen LogP contribution in [0.25, 0.3) is 10.1 Å². The molecule has 1 aromatic carbocycles. The average molecular weight is 218 g/mol. The van der Waals surface area contributed by atoms with Crippen LogP contribution in [0.4, 0.5) is 0 Å². The summed E-state index contributed by atoms with van der Waals surface area (Å²) in [6.07, 6.45) is 5.59. The Morgan fingerprint density at radius 3 is 2.73 bits per heavy atom. The minimum Gasteiger partial charge on any atom is -0.481 e. The topological polar surface area (TPSA) is 9.23 Å². The maximum absolute atomic E-state index is 5.98. The van der Waals surface area contributed by atoms with Crippen LogP contribution in [0, 0.1) is 0 Å². The first kappa shape index (κ1) is 9.22. The van der Waals surface area contributed by atoms with Crippen molar-refractivity contribution in [3.05, 3.63) is 30.3 Å². The minimum absolute atomic E-state index is 0.470. The zero-order valence-corrected chi connectivity index (χ0v) is 9.43. The lowest BCUT2D eigenvalue weighted by atomic mass is 10.3. The molecule has 1 heterocycles. The van der Waals surface area contributed by atoms with E-state index in [0.29, 0.717) is 6.10 Å². The van der Waals surface area contributed by atoms with Crippen LogP contribution in [0.1, 0.15) is 25.7 Å². The molecule has 0 N–H and O–H groups in total. The molecule has 78 valence electrons. The van der Waals surface area contributed by atoms with E-state index in [1.807, 2.05) is 0 Å². The highest BCUT2D eigenvalue weighted by atomic mass is 32.1. The second kappa shape index (κ2) is 3.86. The van der Waals surface area contributed by atoms with E-state index in [0.717, 1.165) is 5.06 Å². The molecule has 3 rings (SSSR count). The molecule has 1 aliphatic rings. The van der Waals surface area contributed by atoms with Crippen molar-refractivity contribution in [1.82, 2.24) is 0 Å². The highest BCUT2D eigenvalue weighted by Gasteiger charge is 2.17. The van der Waals surface area contributed by atoms with Crippen molar-refractivity contribution in [3.63, 3.8) is 0 Å². The normalized spacial score (nSPS) is 17.3. The van der Waals surface area contributed by atoms with Gasteiger partial charge in [-0.25, -0.2) is 0 Å². The molecule has 0 unspecified atom stereocenters. The summed E-state index contributed by atoms with van der Waals surface area (Å²) in [5, 5.41) is 2.39. The van der Waals surface area contributed by atoms with Gasteiger partial charge in [-0.15, -0.1) is 0 Å². The molecule has 15 heavy (non-hydrogen) atoms. The third kappa shape index (κ3) is 1.86. The van der Waals surface area contributed by atoms with Crippen molar-refractivity contribution in [3.8, 4) is 5.06 Å². The van der Waals surface area contributed by atoms with Crippen LogP contribution in [-0.4, -0.2) is 6.10 Å². The molecule has 2 aromatic rings. The van der Waals surface area contributed by atoms with Gasteiger partial charge in [-0.2, -0.15) is 0 Å². The molecule has 0 aliphatic heterocycles. The van der Waals surface area contributed by atoms with Crippen molar-refractivity contribution in [2.24, 2.45) is 0 Å². The predicted octanol–water partition coefficient (Wildman–Crippen LogP) is 4.22. The molecule has 0 amide bonds. The van der Waals surface area contributed by atoms with Gasteiger partial charge >= 0.3 is 0 Å². The van der Waals surface area contributed by atoms with Crippen LogP contribution in [0.3, 0.4) is 0 Å². The van der Waals surface area contributed by atoms with Crippen molar-refractivity contribution in [2.75, 3.05) is 0 Å². The second-order valence-corrected chi connectivity index (χ2v) is 5.17. The zero-order chi connectivity index (χ0) is 10.1. The first-order chi connectivity index (χ1) is 7.42. The van der Waals surface area contributed by atoms with Crippen LogP contribution in [0.15, 0.2) is 30.3 Å². The van der Waals surface area contributed by atoms with E-state index in [4.69, 9.17) is 4.74 Å². The Labute approximate surface area is 93.7 Å². The average Bonchev–Trinajstić information content (AvgIpc) is 2.86. The second-order valence-electron chi connectivity index (χ2n) is 4.13. The Bertz CT molecular complexity index is 421. The molecule has 0 radical (unpaired) electrons. The Morgan fingerprint density at radius 1 is 1.13 bits per heavy atom. The van der Waals surface area contributed by atoms with Crippen molar-refractivity contribution in [2.45, 2.75) is 31.8 Å². The van der Waals surface area contributed by atoms with E-state index in [-0.39, 0.29) is 0 Å². The summed E-state index contributed by atoms with van der Waals surface area (Å²) in [5.74, 6) is 0. The maximum Gasteiger partial charge on any atom is 0.175 e. The van der Waals surface area contributed by atoms with E-state index < -0.39 is 0 Å². The Kier molecular flexibility index (Phi) is 2.37. The van der Waals surface area contributed by atoms with Crippen LogP contribution >= 0.6 is 11.3 Å². The van der Waals surface area contributed by atoms with Crippen molar-refractivity contribution in [1.29, 1.82) is 0 Å². The third-order valence-corrected chi connectivity index (χ3v) is 3.99. The first-order valence-electron chi connectivity index (χ1n) is 5.57. The fourth-order valence-electron chi connectivity index (χ4n) is 2.19. The molecule has 1 saturated carbocycles. The van der Waals surface area contributed by atoms with Crippen LogP contribution < -0.4 is 4.74 Å². The van der Waals surface area contributed by atoms with Crippen molar-refractivity contribution < 1.29 is 4.74 Å². The summed E-state index contributed by atoms with van der Waals surface area (Å²) < 4.78 is 7.30. The fraction of sp³-hybridized carbons (Fsp3) is 0.385. The first-order valence-corrected chi connectivity index (χ1v) is 6.39. The number of rotatable bonds is 2. The zero-order valence-electron chi connectivity index (χ0n) is 8.61. The predicted molar refractivity (Wildman–Crippen MR) is 64.7 cm³/mol. The van der Waals surface area contributed by atoms with Gasteiger partial charge in [0, 0.05) is 4.70 Å². The molecular formula is C13H14OS. The van der Waals surface area contributed by atoms with E-state index in [9.17, 15) is 0 Å².